The molecular formula is C12H19F3N2O. The Labute approximate surface area is 105 Å². The number of rotatable bonds is 6. The number of ether oxygens (including phenoxy) is 1. The molecule has 1 N–H and O–H groups in total. The highest BCUT2D eigenvalue weighted by molar-refractivity contribution is 5.04. The Balaban J connectivity index is 2.30. The molecule has 1 aliphatic rings. The molecule has 0 aliphatic carbocycles. The van der Waals surface area contributed by atoms with Crippen LogP contribution in [0.1, 0.15) is 39.0 Å². The highest BCUT2D eigenvalue weighted by atomic mass is 19.4. The third-order valence-electron chi connectivity index (χ3n) is 3.13. The molecule has 0 amide bonds. The minimum atomic E-state index is -4.15. The van der Waals surface area contributed by atoms with E-state index in [1.165, 1.54) is 0 Å². The minimum absolute atomic E-state index is 0.0356. The molecule has 1 saturated heterocycles. The van der Waals surface area contributed by atoms with Gasteiger partial charge in [-0.15, -0.1) is 0 Å². The van der Waals surface area contributed by atoms with Gasteiger partial charge in [0, 0.05) is 19.6 Å². The summed E-state index contributed by atoms with van der Waals surface area (Å²) in [6.45, 7) is 2.89. The monoisotopic (exact) mass is 264 g/mol. The molecule has 1 rings (SSSR count). The lowest BCUT2D eigenvalue weighted by atomic mass is 9.96. The van der Waals surface area contributed by atoms with Crippen LogP contribution in [0.25, 0.3) is 0 Å². The summed E-state index contributed by atoms with van der Waals surface area (Å²) < 4.78 is 41.5. The molecule has 0 aromatic heterocycles. The molecule has 0 spiro atoms. The summed E-state index contributed by atoms with van der Waals surface area (Å²) in [6, 6.07) is 2.05. The second kappa shape index (κ2) is 6.39. The topological polar surface area (TPSA) is 45.0 Å². The minimum Gasteiger partial charge on any atom is -0.377 e. The van der Waals surface area contributed by atoms with Crippen molar-refractivity contribution >= 4 is 0 Å². The molecule has 1 aliphatic heterocycles. The van der Waals surface area contributed by atoms with E-state index in [-0.39, 0.29) is 18.9 Å². The van der Waals surface area contributed by atoms with Crippen LogP contribution in [0.5, 0.6) is 0 Å². The predicted molar refractivity (Wildman–Crippen MR) is 60.9 cm³/mol. The highest BCUT2D eigenvalue weighted by Gasteiger charge is 2.30. The lowest BCUT2D eigenvalue weighted by Gasteiger charge is -2.25. The molecule has 2 unspecified atom stereocenters. The maximum atomic E-state index is 12.0. The van der Waals surface area contributed by atoms with Gasteiger partial charge in [0.25, 0.3) is 0 Å². The summed E-state index contributed by atoms with van der Waals surface area (Å²) in [7, 11) is 0. The normalized spacial score (nSPS) is 23.6. The first-order chi connectivity index (χ1) is 8.35. The van der Waals surface area contributed by atoms with Crippen molar-refractivity contribution in [1.82, 2.24) is 5.32 Å². The van der Waals surface area contributed by atoms with E-state index in [0.717, 1.165) is 19.4 Å². The molecule has 3 nitrogen and oxygen atoms in total. The van der Waals surface area contributed by atoms with E-state index in [1.54, 1.807) is 6.92 Å². The first kappa shape index (κ1) is 15.3. The Kier molecular flexibility index (Phi) is 5.42. The van der Waals surface area contributed by atoms with Gasteiger partial charge in [-0.3, -0.25) is 5.32 Å². The summed E-state index contributed by atoms with van der Waals surface area (Å²) in [5.74, 6) is 0. The van der Waals surface area contributed by atoms with Crippen LogP contribution in [0, 0.1) is 11.3 Å². The zero-order valence-electron chi connectivity index (χ0n) is 10.5. The van der Waals surface area contributed by atoms with Crippen LogP contribution in [-0.2, 0) is 4.74 Å². The largest absolute Gasteiger partial charge is 0.389 e. The average molecular weight is 264 g/mol. The van der Waals surface area contributed by atoms with Gasteiger partial charge in [0.05, 0.1) is 12.2 Å². The van der Waals surface area contributed by atoms with Gasteiger partial charge in [0.15, 0.2) is 0 Å². The number of nitrogens with one attached hydrogen (secondary N) is 1. The number of hydrogen-bond acceptors (Lipinski definition) is 3. The van der Waals surface area contributed by atoms with Crippen molar-refractivity contribution in [2.45, 2.75) is 56.8 Å². The first-order valence-electron chi connectivity index (χ1n) is 6.19. The lowest BCUT2D eigenvalue weighted by Crippen LogP contribution is -2.44. The standard InChI is InChI=1S/C12H19F3N2O/c1-11(9-16,5-3-6-12(13,14)15)17-8-10-4-2-7-18-10/h10,17H,2-8H2,1H3. The fourth-order valence-electron chi connectivity index (χ4n) is 1.97. The number of nitriles is 1. The number of nitrogens with zero attached hydrogens (tertiary/aromatic N) is 1. The SMILES string of the molecule is CC(C#N)(CCCC(F)(F)F)NCC1CCCO1. The van der Waals surface area contributed by atoms with Crippen LogP contribution in [0.3, 0.4) is 0 Å². The number of alkyl halides is 3. The molecule has 6 heteroatoms. The van der Waals surface area contributed by atoms with Crippen molar-refractivity contribution in [3.05, 3.63) is 0 Å². The van der Waals surface area contributed by atoms with E-state index in [9.17, 15) is 13.2 Å². The van der Waals surface area contributed by atoms with Gasteiger partial charge in [0.2, 0.25) is 0 Å². The van der Waals surface area contributed by atoms with Crippen LogP contribution in [0.15, 0.2) is 0 Å². The van der Waals surface area contributed by atoms with Crippen LogP contribution >= 0.6 is 0 Å². The molecule has 2 atom stereocenters. The average Bonchev–Trinajstić information content (AvgIpc) is 2.77. The molecule has 0 saturated carbocycles. The molecule has 0 bridgehead atoms. The molecule has 1 fully saturated rings. The third-order valence-corrected chi connectivity index (χ3v) is 3.13. The van der Waals surface area contributed by atoms with E-state index >= 15 is 0 Å². The van der Waals surface area contributed by atoms with Crippen molar-refractivity contribution in [3.8, 4) is 6.07 Å². The van der Waals surface area contributed by atoms with E-state index in [4.69, 9.17) is 10.00 Å². The Morgan fingerprint density at radius 1 is 1.39 bits per heavy atom. The Morgan fingerprint density at radius 2 is 2.11 bits per heavy atom. The van der Waals surface area contributed by atoms with Gasteiger partial charge < -0.3 is 4.74 Å². The fraction of sp³-hybridized carbons (Fsp3) is 0.917. The van der Waals surface area contributed by atoms with Crippen molar-refractivity contribution in [1.29, 1.82) is 5.26 Å². The Bertz CT molecular complexity index is 295. The maximum Gasteiger partial charge on any atom is 0.389 e. The molecule has 0 aromatic carbocycles. The molecule has 104 valence electrons. The fourth-order valence-corrected chi connectivity index (χ4v) is 1.97. The number of halogens is 3. The molecule has 1 heterocycles. The lowest BCUT2D eigenvalue weighted by molar-refractivity contribution is -0.136. The second-order valence-electron chi connectivity index (χ2n) is 4.93. The summed E-state index contributed by atoms with van der Waals surface area (Å²) in [5.41, 5.74) is -0.906. The van der Waals surface area contributed by atoms with Gasteiger partial charge >= 0.3 is 6.18 Å². The van der Waals surface area contributed by atoms with Crippen molar-refractivity contribution in [2.75, 3.05) is 13.2 Å². The predicted octanol–water partition coefficient (Wildman–Crippen LogP) is 2.77. The molecule has 0 radical (unpaired) electrons. The second-order valence-corrected chi connectivity index (χ2v) is 4.93. The summed E-state index contributed by atoms with van der Waals surface area (Å²) >= 11 is 0. The first-order valence-corrected chi connectivity index (χ1v) is 6.19. The zero-order chi connectivity index (χ0) is 13.6. The maximum absolute atomic E-state index is 12.0. The van der Waals surface area contributed by atoms with Gasteiger partial charge in [0.1, 0.15) is 5.54 Å². The van der Waals surface area contributed by atoms with Gasteiger partial charge in [-0.1, -0.05) is 0 Å². The molecule has 18 heavy (non-hydrogen) atoms. The highest BCUT2D eigenvalue weighted by Crippen LogP contribution is 2.25. The zero-order valence-corrected chi connectivity index (χ0v) is 10.5. The van der Waals surface area contributed by atoms with Crippen LogP contribution in [0.4, 0.5) is 13.2 Å². The summed E-state index contributed by atoms with van der Waals surface area (Å²) in [6.07, 6.45) is -2.81. The number of hydrogen-bond donors (Lipinski definition) is 1. The quantitative estimate of drug-likeness (QED) is 0.802. The molecule has 0 aromatic rings. The van der Waals surface area contributed by atoms with Gasteiger partial charge in [-0.2, -0.15) is 18.4 Å². The Morgan fingerprint density at radius 3 is 2.61 bits per heavy atom. The van der Waals surface area contributed by atoms with Crippen LogP contribution < -0.4 is 5.32 Å². The van der Waals surface area contributed by atoms with Gasteiger partial charge in [-0.25, -0.2) is 0 Å². The van der Waals surface area contributed by atoms with E-state index in [0.29, 0.717) is 6.54 Å². The third kappa shape index (κ3) is 5.69. The van der Waals surface area contributed by atoms with Crippen LogP contribution in [-0.4, -0.2) is 31.0 Å². The smallest absolute Gasteiger partial charge is 0.377 e. The van der Waals surface area contributed by atoms with Gasteiger partial charge in [-0.05, 0) is 32.6 Å². The van der Waals surface area contributed by atoms with Crippen LogP contribution in [0.2, 0.25) is 0 Å². The Hall–Kier alpha value is -0.800. The summed E-state index contributed by atoms with van der Waals surface area (Å²) in [4.78, 5) is 0. The van der Waals surface area contributed by atoms with E-state index < -0.39 is 18.1 Å². The summed E-state index contributed by atoms with van der Waals surface area (Å²) in [5, 5.41) is 12.1. The van der Waals surface area contributed by atoms with Crippen molar-refractivity contribution < 1.29 is 17.9 Å². The van der Waals surface area contributed by atoms with Crippen molar-refractivity contribution in [3.63, 3.8) is 0 Å². The molecular weight excluding hydrogens is 245 g/mol. The van der Waals surface area contributed by atoms with Crippen molar-refractivity contribution in [2.24, 2.45) is 0 Å². The van der Waals surface area contributed by atoms with E-state index in [1.807, 2.05) is 0 Å². The van der Waals surface area contributed by atoms with E-state index in [2.05, 4.69) is 11.4 Å².